The maximum absolute atomic E-state index is 12.5. The van der Waals surface area contributed by atoms with Crippen LogP contribution in [0.1, 0.15) is 37.7 Å². The highest BCUT2D eigenvalue weighted by Crippen LogP contribution is 2.20. The molecule has 1 rings (SSSR count). The van der Waals surface area contributed by atoms with Crippen molar-refractivity contribution in [2.75, 3.05) is 0 Å². The van der Waals surface area contributed by atoms with E-state index in [0.29, 0.717) is 6.42 Å². The minimum absolute atomic E-state index is 0.170. The summed E-state index contributed by atoms with van der Waals surface area (Å²) in [5.41, 5.74) is -0.715. The van der Waals surface area contributed by atoms with Gasteiger partial charge in [0.05, 0.1) is 6.54 Å². The third-order valence-corrected chi connectivity index (χ3v) is 4.38. The summed E-state index contributed by atoms with van der Waals surface area (Å²) in [4.78, 5) is 11.8. The van der Waals surface area contributed by atoms with Crippen molar-refractivity contribution in [3.8, 4) is 0 Å². The van der Waals surface area contributed by atoms with Gasteiger partial charge < -0.3 is 9.88 Å². The molecular formula is C12H17ClF2N2O3S. The number of aromatic nitrogens is 1. The number of hydrogen-bond donors (Lipinski definition) is 1. The van der Waals surface area contributed by atoms with Crippen LogP contribution >= 0.6 is 10.7 Å². The van der Waals surface area contributed by atoms with Crippen molar-refractivity contribution in [3.63, 3.8) is 0 Å². The van der Waals surface area contributed by atoms with Crippen LogP contribution in [0.15, 0.2) is 17.2 Å². The van der Waals surface area contributed by atoms with Gasteiger partial charge in [-0.25, -0.2) is 17.2 Å². The van der Waals surface area contributed by atoms with Crippen LogP contribution in [0.5, 0.6) is 0 Å². The van der Waals surface area contributed by atoms with E-state index in [1.54, 1.807) is 13.8 Å². The fourth-order valence-corrected chi connectivity index (χ4v) is 2.33. The zero-order valence-corrected chi connectivity index (χ0v) is 13.4. The number of nitrogens with one attached hydrogen (secondary N) is 1. The van der Waals surface area contributed by atoms with Crippen molar-refractivity contribution in [1.29, 1.82) is 0 Å². The van der Waals surface area contributed by atoms with Crippen molar-refractivity contribution in [2.45, 2.75) is 50.6 Å². The molecule has 0 aliphatic heterocycles. The lowest BCUT2D eigenvalue weighted by atomic mass is 10.0. The molecule has 0 spiro atoms. The van der Waals surface area contributed by atoms with Gasteiger partial charge in [0.2, 0.25) is 0 Å². The first-order valence-corrected chi connectivity index (χ1v) is 8.52. The van der Waals surface area contributed by atoms with Gasteiger partial charge in [0, 0.05) is 22.4 Å². The summed E-state index contributed by atoms with van der Waals surface area (Å²) in [5, 5.41) is 2.66. The first-order chi connectivity index (χ1) is 9.46. The topological polar surface area (TPSA) is 68.2 Å². The molecule has 1 aromatic rings. The summed E-state index contributed by atoms with van der Waals surface area (Å²) in [5.74, 6) is -0.630. The van der Waals surface area contributed by atoms with E-state index in [0.717, 1.165) is 16.8 Å². The van der Waals surface area contributed by atoms with Crippen LogP contribution in [0, 0.1) is 0 Å². The molecule has 120 valence electrons. The summed E-state index contributed by atoms with van der Waals surface area (Å²) in [6.07, 6.45) is -1.17. The van der Waals surface area contributed by atoms with Crippen LogP contribution in [0.4, 0.5) is 8.78 Å². The van der Waals surface area contributed by atoms with Gasteiger partial charge >= 0.3 is 0 Å². The second-order valence-electron chi connectivity index (χ2n) is 5.23. The van der Waals surface area contributed by atoms with E-state index in [2.05, 4.69) is 5.32 Å². The number of carbonyl (C=O) groups excluding carboxylic acids is 1. The van der Waals surface area contributed by atoms with Gasteiger partial charge in [-0.3, -0.25) is 4.79 Å². The van der Waals surface area contributed by atoms with E-state index >= 15 is 0 Å². The Morgan fingerprint density at radius 1 is 1.48 bits per heavy atom. The second-order valence-corrected chi connectivity index (χ2v) is 7.80. The van der Waals surface area contributed by atoms with Gasteiger partial charge in [0.1, 0.15) is 10.6 Å². The van der Waals surface area contributed by atoms with Gasteiger partial charge in [-0.15, -0.1) is 0 Å². The Labute approximate surface area is 126 Å². The number of carbonyl (C=O) groups is 1. The zero-order valence-electron chi connectivity index (χ0n) is 11.9. The Hall–Kier alpha value is -1.15. The Balaban J connectivity index is 3.20. The number of amides is 1. The molecule has 0 unspecified atom stereocenters. The summed E-state index contributed by atoms with van der Waals surface area (Å²) in [6, 6.07) is 0.992. The van der Waals surface area contributed by atoms with Crippen LogP contribution in [-0.4, -0.2) is 30.9 Å². The monoisotopic (exact) mass is 342 g/mol. The normalized spacial score (nSPS) is 12.7. The van der Waals surface area contributed by atoms with Gasteiger partial charge in [0.15, 0.2) is 0 Å². The van der Waals surface area contributed by atoms with Gasteiger partial charge in [-0.2, -0.15) is 0 Å². The summed E-state index contributed by atoms with van der Waals surface area (Å²) in [6.45, 7) is 4.60. The molecule has 0 atom stereocenters. The van der Waals surface area contributed by atoms with Gasteiger partial charge in [-0.05, 0) is 26.3 Å². The number of hydrogen-bond acceptors (Lipinski definition) is 3. The van der Waals surface area contributed by atoms with Crippen LogP contribution in [0.25, 0.3) is 0 Å². The molecule has 0 aliphatic rings. The summed E-state index contributed by atoms with van der Waals surface area (Å²) in [7, 11) is 1.09. The lowest BCUT2D eigenvalue weighted by Crippen LogP contribution is -2.43. The molecule has 0 saturated heterocycles. The summed E-state index contributed by atoms with van der Waals surface area (Å²) >= 11 is 0. The third kappa shape index (κ3) is 4.96. The predicted molar refractivity (Wildman–Crippen MR) is 75.3 cm³/mol. The quantitative estimate of drug-likeness (QED) is 0.808. The average Bonchev–Trinajstić information content (AvgIpc) is 2.71. The first kappa shape index (κ1) is 17.9. The number of rotatable bonds is 6. The van der Waals surface area contributed by atoms with Crippen molar-refractivity contribution in [3.05, 3.63) is 18.0 Å². The second kappa shape index (κ2) is 6.31. The Morgan fingerprint density at radius 2 is 2.05 bits per heavy atom. The minimum atomic E-state index is -4.10. The highest BCUT2D eigenvalue weighted by molar-refractivity contribution is 8.13. The maximum Gasteiger partial charge on any atom is 0.268 e. The molecule has 0 aromatic carbocycles. The maximum atomic E-state index is 12.5. The number of nitrogens with zero attached hydrogens (tertiary/aromatic N) is 1. The van der Waals surface area contributed by atoms with Crippen molar-refractivity contribution in [2.24, 2.45) is 0 Å². The van der Waals surface area contributed by atoms with E-state index in [1.807, 2.05) is 6.92 Å². The van der Waals surface area contributed by atoms with Crippen molar-refractivity contribution in [1.82, 2.24) is 9.88 Å². The van der Waals surface area contributed by atoms with Crippen LogP contribution in [0.3, 0.4) is 0 Å². The zero-order chi connectivity index (χ0) is 16.4. The Morgan fingerprint density at radius 3 is 2.48 bits per heavy atom. The van der Waals surface area contributed by atoms with Crippen molar-refractivity contribution >= 4 is 25.6 Å². The van der Waals surface area contributed by atoms with E-state index in [9.17, 15) is 22.0 Å². The Kier molecular flexibility index (Phi) is 5.38. The van der Waals surface area contributed by atoms with Gasteiger partial charge in [-0.1, -0.05) is 6.92 Å². The molecular weight excluding hydrogens is 326 g/mol. The SMILES string of the molecule is CCC(C)(C)NC(=O)c1cc(S(=O)(=O)Cl)cn1CC(F)F. The largest absolute Gasteiger partial charge is 0.346 e. The molecule has 1 heterocycles. The highest BCUT2D eigenvalue weighted by Gasteiger charge is 2.25. The highest BCUT2D eigenvalue weighted by atomic mass is 35.7. The molecule has 21 heavy (non-hydrogen) atoms. The van der Waals surface area contributed by atoms with E-state index < -0.39 is 33.5 Å². The molecule has 9 heteroatoms. The molecule has 1 N–H and O–H groups in total. The van der Waals surface area contributed by atoms with Crippen LogP contribution in [-0.2, 0) is 15.6 Å². The fraction of sp³-hybridized carbons (Fsp3) is 0.583. The molecule has 0 fully saturated rings. The predicted octanol–water partition coefficient (Wildman–Crippen LogP) is 2.60. The molecule has 0 aliphatic carbocycles. The van der Waals surface area contributed by atoms with E-state index in [-0.39, 0.29) is 10.6 Å². The fourth-order valence-electron chi connectivity index (χ4n) is 1.57. The van der Waals surface area contributed by atoms with Gasteiger partial charge in [0.25, 0.3) is 21.4 Å². The standard InChI is InChI=1S/C12H17ClF2N2O3S/c1-4-12(2,3)16-11(18)9-5-8(21(13,19)20)6-17(9)7-10(14)15/h5-6,10H,4,7H2,1-3H3,(H,16,18). The van der Waals surface area contributed by atoms with E-state index in [4.69, 9.17) is 10.7 Å². The van der Waals surface area contributed by atoms with Crippen LogP contribution in [0.2, 0.25) is 0 Å². The molecule has 5 nitrogen and oxygen atoms in total. The Bertz CT molecular complexity index is 626. The molecule has 1 aromatic heterocycles. The molecule has 1 amide bonds. The lowest BCUT2D eigenvalue weighted by molar-refractivity contribution is 0.0889. The third-order valence-electron chi connectivity index (χ3n) is 3.06. The molecule has 0 radical (unpaired) electrons. The van der Waals surface area contributed by atoms with Crippen molar-refractivity contribution < 1.29 is 22.0 Å². The number of halogens is 3. The number of alkyl halides is 2. The van der Waals surface area contributed by atoms with Crippen LogP contribution < -0.4 is 5.32 Å². The average molecular weight is 343 g/mol. The smallest absolute Gasteiger partial charge is 0.268 e. The van der Waals surface area contributed by atoms with E-state index in [1.165, 1.54) is 0 Å². The molecule has 0 saturated carbocycles. The summed E-state index contributed by atoms with van der Waals surface area (Å²) < 4.78 is 48.5. The molecule has 0 bridgehead atoms. The minimum Gasteiger partial charge on any atom is -0.346 e. The lowest BCUT2D eigenvalue weighted by Gasteiger charge is -2.24. The first-order valence-electron chi connectivity index (χ1n) is 6.22.